The highest BCUT2D eigenvalue weighted by Gasteiger charge is 2.53. The predicted molar refractivity (Wildman–Crippen MR) is 98.3 cm³/mol. The van der Waals surface area contributed by atoms with Crippen molar-refractivity contribution >= 4 is 0 Å². The van der Waals surface area contributed by atoms with Gasteiger partial charge < -0.3 is 10.2 Å². The largest absolute Gasteiger partial charge is 0.508 e. The van der Waals surface area contributed by atoms with Crippen LogP contribution in [0.1, 0.15) is 51.7 Å². The first-order chi connectivity index (χ1) is 11.2. The van der Waals surface area contributed by atoms with E-state index in [0.29, 0.717) is 28.7 Å². The van der Waals surface area contributed by atoms with Gasteiger partial charge in [-0.05, 0) is 65.5 Å². The zero-order chi connectivity index (χ0) is 17.5. The molecule has 0 aliphatic heterocycles. The second-order valence-electron chi connectivity index (χ2n) is 8.58. The van der Waals surface area contributed by atoms with Crippen LogP contribution in [0.2, 0.25) is 0 Å². The predicted octanol–water partition coefficient (Wildman–Crippen LogP) is 5.48. The number of rotatable bonds is 3. The summed E-state index contributed by atoms with van der Waals surface area (Å²) in [5.41, 5.74) is 2.80. The van der Waals surface area contributed by atoms with Gasteiger partial charge in [-0.25, -0.2) is 0 Å². The summed E-state index contributed by atoms with van der Waals surface area (Å²) >= 11 is 0. The van der Waals surface area contributed by atoms with Gasteiger partial charge in [-0.2, -0.15) is 0 Å². The zero-order valence-corrected chi connectivity index (χ0v) is 15.1. The molecule has 0 spiro atoms. The molecule has 2 heteroatoms. The van der Waals surface area contributed by atoms with Crippen molar-refractivity contribution in [2.24, 2.45) is 17.3 Å². The van der Waals surface area contributed by atoms with Crippen molar-refractivity contribution in [2.75, 3.05) is 0 Å². The third kappa shape index (κ3) is 2.90. The van der Waals surface area contributed by atoms with E-state index in [0.717, 1.165) is 6.42 Å². The van der Waals surface area contributed by atoms with Crippen LogP contribution in [0.5, 0.6) is 11.5 Å². The first-order valence-corrected chi connectivity index (χ1v) is 8.81. The Morgan fingerprint density at radius 2 is 1.29 bits per heavy atom. The molecule has 24 heavy (non-hydrogen) atoms. The second-order valence-corrected chi connectivity index (χ2v) is 8.58. The Labute approximate surface area is 145 Å². The number of aromatic hydroxyl groups is 2. The number of hydrogen-bond donors (Lipinski definition) is 2. The van der Waals surface area contributed by atoms with Crippen LogP contribution < -0.4 is 0 Å². The lowest BCUT2D eigenvalue weighted by molar-refractivity contribution is 0.0435. The van der Waals surface area contributed by atoms with Crippen molar-refractivity contribution < 1.29 is 10.2 Å². The monoisotopic (exact) mass is 324 g/mol. The maximum atomic E-state index is 9.66. The molecule has 2 atom stereocenters. The van der Waals surface area contributed by atoms with Crippen LogP contribution in [0.15, 0.2) is 48.5 Å². The third-order valence-corrected chi connectivity index (χ3v) is 5.71. The summed E-state index contributed by atoms with van der Waals surface area (Å²) in [5, 5.41) is 19.3. The fraction of sp³-hybridized carbons (Fsp3) is 0.455. The molecule has 0 bridgehead atoms. The Bertz CT molecular complexity index is 647. The summed E-state index contributed by atoms with van der Waals surface area (Å²) in [5.74, 6) is 1.81. The minimum absolute atomic E-state index is 0.0304. The van der Waals surface area contributed by atoms with Gasteiger partial charge in [0.2, 0.25) is 0 Å². The molecule has 0 heterocycles. The maximum absolute atomic E-state index is 9.66. The lowest BCUT2D eigenvalue weighted by Crippen LogP contribution is -2.51. The number of benzene rings is 2. The van der Waals surface area contributed by atoms with Gasteiger partial charge in [0.25, 0.3) is 0 Å². The van der Waals surface area contributed by atoms with Gasteiger partial charge in [0.1, 0.15) is 11.5 Å². The van der Waals surface area contributed by atoms with E-state index in [4.69, 9.17) is 0 Å². The highest BCUT2D eigenvalue weighted by Crippen LogP contribution is 2.59. The van der Waals surface area contributed by atoms with E-state index in [1.54, 1.807) is 24.3 Å². The quantitative estimate of drug-likeness (QED) is 0.785. The van der Waals surface area contributed by atoms with Crippen molar-refractivity contribution in [2.45, 2.75) is 46.0 Å². The average Bonchev–Trinajstić information content (AvgIpc) is 2.52. The summed E-state index contributed by atoms with van der Waals surface area (Å²) in [6.45, 7) is 9.27. The SMILES string of the molecule is C[C@H]1[C@H](CC(C)(C)C)CC1(c1ccc(O)cc1)c1ccc(O)cc1. The Kier molecular flexibility index (Phi) is 4.11. The molecule has 2 aromatic rings. The van der Waals surface area contributed by atoms with Gasteiger partial charge in [0.05, 0.1) is 0 Å². The molecule has 2 N–H and O–H groups in total. The van der Waals surface area contributed by atoms with E-state index in [1.165, 1.54) is 17.5 Å². The van der Waals surface area contributed by atoms with Crippen LogP contribution >= 0.6 is 0 Å². The third-order valence-electron chi connectivity index (χ3n) is 5.71. The normalized spacial score (nSPS) is 22.8. The Hall–Kier alpha value is -1.96. The molecule has 0 aromatic heterocycles. The van der Waals surface area contributed by atoms with Crippen molar-refractivity contribution in [1.29, 1.82) is 0 Å². The van der Waals surface area contributed by atoms with E-state index in [9.17, 15) is 10.2 Å². The fourth-order valence-corrected chi connectivity index (χ4v) is 4.50. The van der Waals surface area contributed by atoms with E-state index in [2.05, 4.69) is 27.7 Å². The standard InChI is InChI=1S/C22H28O2/c1-15-16(13-21(2,3)4)14-22(15,17-5-9-19(23)10-6-17)18-7-11-20(24)12-8-18/h5-12,15-16,23-24H,13-14H2,1-4H3/t15-,16+/m0/s1. The molecule has 2 aromatic carbocycles. The van der Waals surface area contributed by atoms with Gasteiger partial charge in [-0.3, -0.25) is 0 Å². The van der Waals surface area contributed by atoms with Crippen molar-refractivity contribution in [3.63, 3.8) is 0 Å². The number of hydrogen-bond acceptors (Lipinski definition) is 2. The zero-order valence-electron chi connectivity index (χ0n) is 15.1. The highest BCUT2D eigenvalue weighted by molar-refractivity contribution is 5.46. The lowest BCUT2D eigenvalue weighted by atomic mass is 9.47. The summed E-state index contributed by atoms with van der Waals surface area (Å²) < 4.78 is 0. The Morgan fingerprint density at radius 1 is 0.875 bits per heavy atom. The fourth-order valence-electron chi connectivity index (χ4n) is 4.50. The van der Waals surface area contributed by atoms with Crippen LogP contribution in [-0.2, 0) is 5.41 Å². The topological polar surface area (TPSA) is 40.5 Å². The van der Waals surface area contributed by atoms with E-state index in [-0.39, 0.29) is 5.41 Å². The summed E-state index contributed by atoms with van der Waals surface area (Å²) in [6.07, 6.45) is 2.33. The summed E-state index contributed by atoms with van der Waals surface area (Å²) in [7, 11) is 0. The van der Waals surface area contributed by atoms with Crippen LogP contribution in [0, 0.1) is 17.3 Å². The Balaban J connectivity index is 2.00. The number of phenolic OH excluding ortho intramolecular Hbond substituents is 2. The molecule has 1 aliphatic carbocycles. The molecular formula is C22H28O2. The van der Waals surface area contributed by atoms with E-state index >= 15 is 0 Å². The van der Waals surface area contributed by atoms with Gasteiger partial charge in [0, 0.05) is 5.41 Å². The molecule has 0 saturated heterocycles. The minimum Gasteiger partial charge on any atom is -0.508 e. The van der Waals surface area contributed by atoms with Crippen LogP contribution in [0.25, 0.3) is 0 Å². The molecule has 0 amide bonds. The van der Waals surface area contributed by atoms with E-state index < -0.39 is 0 Å². The molecule has 128 valence electrons. The van der Waals surface area contributed by atoms with Gasteiger partial charge in [-0.15, -0.1) is 0 Å². The van der Waals surface area contributed by atoms with Crippen molar-refractivity contribution in [3.8, 4) is 11.5 Å². The van der Waals surface area contributed by atoms with E-state index in [1.807, 2.05) is 24.3 Å². The van der Waals surface area contributed by atoms with Gasteiger partial charge in [-0.1, -0.05) is 52.0 Å². The first kappa shape index (κ1) is 16.9. The van der Waals surface area contributed by atoms with Crippen molar-refractivity contribution in [1.82, 2.24) is 0 Å². The molecule has 3 rings (SSSR count). The molecule has 1 aliphatic rings. The molecule has 1 fully saturated rings. The molecule has 0 unspecified atom stereocenters. The second kappa shape index (κ2) is 5.84. The van der Waals surface area contributed by atoms with Gasteiger partial charge >= 0.3 is 0 Å². The maximum Gasteiger partial charge on any atom is 0.115 e. The van der Waals surface area contributed by atoms with Crippen LogP contribution in [0.3, 0.4) is 0 Å². The molecule has 0 radical (unpaired) electrons. The molecular weight excluding hydrogens is 296 g/mol. The minimum atomic E-state index is -0.0304. The smallest absolute Gasteiger partial charge is 0.115 e. The molecule has 1 saturated carbocycles. The summed E-state index contributed by atoms with van der Waals surface area (Å²) in [4.78, 5) is 0. The lowest BCUT2D eigenvalue weighted by Gasteiger charge is -2.56. The summed E-state index contributed by atoms with van der Waals surface area (Å²) in [6, 6.07) is 15.3. The Morgan fingerprint density at radius 3 is 1.62 bits per heavy atom. The number of phenols is 2. The van der Waals surface area contributed by atoms with Crippen molar-refractivity contribution in [3.05, 3.63) is 59.7 Å². The van der Waals surface area contributed by atoms with Crippen LogP contribution in [-0.4, -0.2) is 10.2 Å². The van der Waals surface area contributed by atoms with Crippen LogP contribution in [0.4, 0.5) is 0 Å². The average molecular weight is 324 g/mol. The first-order valence-electron chi connectivity index (χ1n) is 8.81. The van der Waals surface area contributed by atoms with Gasteiger partial charge in [0.15, 0.2) is 0 Å². The molecule has 2 nitrogen and oxygen atoms in total. The highest BCUT2D eigenvalue weighted by atomic mass is 16.3.